The van der Waals surface area contributed by atoms with Crippen molar-refractivity contribution >= 4 is 28.6 Å². The lowest BCUT2D eigenvalue weighted by Gasteiger charge is -2.05. The van der Waals surface area contributed by atoms with E-state index >= 15 is 0 Å². The van der Waals surface area contributed by atoms with Gasteiger partial charge in [-0.1, -0.05) is 6.07 Å². The number of nitrogens with zero attached hydrogens (tertiary/aromatic N) is 1. The minimum absolute atomic E-state index is 0.230. The molecule has 1 aliphatic rings. The Balaban J connectivity index is 1.60. The van der Waals surface area contributed by atoms with Crippen LogP contribution < -0.4 is 14.8 Å². The number of ether oxygens (including phenoxy) is 3. The van der Waals surface area contributed by atoms with Gasteiger partial charge in [-0.15, -0.1) is 0 Å². The van der Waals surface area contributed by atoms with Crippen LogP contribution in [-0.2, 0) is 4.74 Å². The summed E-state index contributed by atoms with van der Waals surface area (Å²) in [6.07, 6.45) is 0. The maximum atomic E-state index is 11.8. The predicted molar refractivity (Wildman–Crippen MR) is 87.9 cm³/mol. The molecule has 122 valence electrons. The zero-order valence-electron chi connectivity index (χ0n) is 13.0. The molecular weight excluding hydrogens is 310 g/mol. The molecule has 0 saturated carbocycles. The number of benzene rings is 2. The number of fused-ring (bicyclic) bond motifs is 2. The molecule has 0 amide bonds. The fraction of sp³-hybridized carbons (Fsp3) is 0.176. The van der Waals surface area contributed by atoms with E-state index in [4.69, 9.17) is 14.2 Å². The number of H-pyrrole nitrogens is 1. The molecule has 1 aromatic heterocycles. The fourth-order valence-corrected chi connectivity index (χ4v) is 2.53. The largest absolute Gasteiger partial charge is 0.462 e. The maximum absolute atomic E-state index is 11.8. The summed E-state index contributed by atoms with van der Waals surface area (Å²) in [6, 6.07) is 10.7. The van der Waals surface area contributed by atoms with Gasteiger partial charge < -0.3 is 24.5 Å². The van der Waals surface area contributed by atoms with Crippen LogP contribution in [0.3, 0.4) is 0 Å². The molecule has 24 heavy (non-hydrogen) atoms. The zero-order chi connectivity index (χ0) is 16.5. The van der Waals surface area contributed by atoms with Gasteiger partial charge in [0.25, 0.3) is 0 Å². The van der Waals surface area contributed by atoms with Crippen LogP contribution >= 0.6 is 0 Å². The third-order valence-corrected chi connectivity index (χ3v) is 3.61. The van der Waals surface area contributed by atoms with Gasteiger partial charge in [0.05, 0.1) is 23.2 Å². The summed E-state index contributed by atoms with van der Waals surface area (Å²) < 4.78 is 15.7. The summed E-state index contributed by atoms with van der Waals surface area (Å²) in [5.74, 6) is 1.60. The Morgan fingerprint density at radius 3 is 2.96 bits per heavy atom. The highest BCUT2D eigenvalue weighted by molar-refractivity contribution is 5.91. The second-order valence-corrected chi connectivity index (χ2v) is 5.23. The van der Waals surface area contributed by atoms with E-state index in [2.05, 4.69) is 15.3 Å². The number of hydrogen-bond donors (Lipinski definition) is 2. The van der Waals surface area contributed by atoms with Gasteiger partial charge in [-0.2, -0.15) is 0 Å². The molecule has 0 atom stereocenters. The van der Waals surface area contributed by atoms with E-state index in [-0.39, 0.29) is 12.8 Å². The van der Waals surface area contributed by atoms with Crippen LogP contribution in [0.4, 0.5) is 11.6 Å². The first-order chi connectivity index (χ1) is 11.7. The molecule has 3 aromatic rings. The van der Waals surface area contributed by atoms with Gasteiger partial charge in [-0.3, -0.25) is 0 Å². The van der Waals surface area contributed by atoms with Crippen LogP contribution in [-0.4, -0.2) is 29.3 Å². The van der Waals surface area contributed by atoms with Gasteiger partial charge in [0.1, 0.15) is 0 Å². The molecule has 0 fully saturated rings. The summed E-state index contributed by atoms with van der Waals surface area (Å²) in [4.78, 5) is 19.5. The Morgan fingerprint density at radius 1 is 1.29 bits per heavy atom. The van der Waals surface area contributed by atoms with Crippen LogP contribution in [0.25, 0.3) is 11.0 Å². The Morgan fingerprint density at radius 2 is 2.12 bits per heavy atom. The second-order valence-electron chi connectivity index (χ2n) is 5.23. The van der Waals surface area contributed by atoms with Crippen molar-refractivity contribution in [3.8, 4) is 11.5 Å². The van der Waals surface area contributed by atoms with Gasteiger partial charge in [0.15, 0.2) is 11.5 Å². The van der Waals surface area contributed by atoms with Crippen molar-refractivity contribution in [3.05, 3.63) is 42.0 Å². The zero-order valence-corrected chi connectivity index (χ0v) is 13.0. The van der Waals surface area contributed by atoms with Gasteiger partial charge in [-0.05, 0) is 25.1 Å². The van der Waals surface area contributed by atoms with Crippen molar-refractivity contribution in [2.24, 2.45) is 0 Å². The molecule has 0 saturated heterocycles. The van der Waals surface area contributed by atoms with Crippen LogP contribution in [0.2, 0.25) is 0 Å². The number of aromatic amines is 1. The minimum atomic E-state index is -0.350. The molecule has 2 heterocycles. The lowest BCUT2D eigenvalue weighted by atomic mass is 10.2. The van der Waals surface area contributed by atoms with Crippen molar-refractivity contribution < 1.29 is 19.0 Å². The minimum Gasteiger partial charge on any atom is -0.462 e. The predicted octanol–water partition coefficient (Wildman–Crippen LogP) is 3.21. The highest BCUT2D eigenvalue weighted by atomic mass is 16.7. The van der Waals surface area contributed by atoms with Crippen molar-refractivity contribution in [1.82, 2.24) is 9.97 Å². The Bertz CT molecular complexity index is 878. The molecule has 1 aliphatic heterocycles. The van der Waals surface area contributed by atoms with E-state index in [0.717, 1.165) is 16.7 Å². The van der Waals surface area contributed by atoms with Gasteiger partial charge >= 0.3 is 5.97 Å². The molecule has 7 heteroatoms. The summed E-state index contributed by atoms with van der Waals surface area (Å²) in [7, 11) is 0. The Kier molecular flexibility index (Phi) is 3.45. The monoisotopic (exact) mass is 325 g/mol. The van der Waals surface area contributed by atoms with E-state index in [9.17, 15) is 4.79 Å². The van der Waals surface area contributed by atoms with Gasteiger partial charge in [0.2, 0.25) is 12.7 Å². The number of anilines is 2. The maximum Gasteiger partial charge on any atom is 0.338 e. The van der Waals surface area contributed by atoms with E-state index in [0.29, 0.717) is 29.6 Å². The lowest BCUT2D eigenvalue weighted by Crippen LogP contribution is -2.05. The van der Waals surface area contributed by atoms with Crippen molar-refractivity contribution in [2.45, 2.75) is 6.92 Å². The van der Waals surface area contributed by atoms with Crippen molar-refractivity contribution in [2.75, 3.05) is 18.7 Å². The van der Waals surface area contributed by atoms with Crippen LogP contribution in [0.1, 0.15) is 17.3 Å². The van der Waals surface area contributed by atoms with Crippen LogP contribution in [0.15, 0.2) is 36.4 Å². The molecule has 0 aliphatic carbocycles. The molecular formula is C17H15N3O4. The Labute approximate surface area is 137 Å². The first kappa shape index (κ1) is 14.4. The summed E-state index contributed by atoms with van der Waals surface area (Å²) in [5, 5.41) is 3.15. The number of aromatic nitrogens is 2. The molecule has 2 N–H and O–H groups in total. The Hall–Kier alpha value is -3.22. The third-order valence-electron chi connectivity index (χ3n) is 3.61. The van der Waals surface area contributed by atoms with Crippen LogP contribution in [0, 0.1) is 0 Å². The number of nitrogens with one attached hydrogen (secondary N) is 2. The molecule has 2 aromatic carbocycles. The molecule has 7 nitrogen and oxygen atoms in total. The standard InChI is InChI=1S/C17H15N3O4/c1-2-22-16(21)10-4-3-5-11(6-10)18-17-19-12-7-14-15(24-9-23-14)8-13(12)20-17/h3-8H,2,9H2,1H3,(H2,18,19,20). The first-order valence-corrected chi connectivity index (χ1v) is 7.56. The third kappa shape index (κ3) is 2.60. The van der Waals surface area contributed by atoms with Gasteiger partial charge in [0, 0.05) is 17.8 Å². The quantitative estimate of drug-likeness (QED) is 0.716. The van der Waals surface area contributed by atoms with E-state index in [1.54, 1.807) is 25.1 Å². The van der Waals surface area contributed by atoms with E-state index in [1.165, 1.54) is 0 Å². The highest BCUT2D eigenvalue weighted by Gasteiger charge is 2.16. The molecule has 0 radical (unpaired) electrons. The van der Waals surface area contributed by atoms with E-state index < -0.39 is 0 Å². The average molecular weight is 325 g/mol. The molecule has 4 rings (SSSR count). The number of hydrogen-bond acceptors (Lipinski definition) is 6. The fourth-order valence-electron chi connectivity index (χ4n) is 2.53. The molecule has 0 unspecified atom stereocenters. The number of rotatable bonds is 4. The first-order valence-electron chi connectivity index (χ1n) is 7.56. The van der Waals surface area contributed by atoms with Crippen molar-refractivity contribution in [1.29, 1.82) is 0 Å². The normalized spacial score (nSPS) is 12.4. The number of carbonyl (C=O) groups excluding carboxylic acids is 1. The lowest BCUT2D eigenvalue weighted by molar-refractivity contribution is 0.0526. The summed E-state index contributed by atoms with van der Waals surface area (Å²) >= 11 is 0. The topological polar surface area (TPSA) is 85.5 Å². The van der Waals surface area contributed by atoms with Crippen molar-refractivity contribution in [3.63, 3.8) is 0 Å². The molecule has 0 spiro atoms. The molecule has 0 bridgehead atoms. The number of esters is 1. The average Bonchev–Trinajstić information content (AvgIpc) is 3.18. The van der Waals surface area contributed by atoms with Gasteiger partial charge in [-0.25, -0.2) is 9.78 Å². The SMILES string of the molecule is CCOC(=O)c1cccc(Nc2nc3cc4c(cc3[nH]2)OCO4)c1. The number of imidazole rings is 1. The second kappa shape index (κ2) is 5.77. The number of carbonyl (C=O) groups is 1. The highest BCUT2D eigenvalue weighted by Crippen LogP contribution is 2.35. The smallest absolute Gasteiger partial charge is 0.338 e. The summed E-state index contributed by atoms with van der Waals surface area (Å²) in [5.41, 5.74) is 2.82. The van der Waals surface area contributed by atoms with Crippen LogP contribution in [0.5, 0.6) is 11.5 Å². The van der Waals surface area contributed by atoms with E-state index in [1.807, 2.05) is 18.2 Å². The summed E-state index contributed by atoms with van der Waals surface area (Å²) in [6.45, 7) is 2.35.